The predicted octanol–water partition coefficient (Wildman–Crippen LogP) is 2.21. The molecule has 3 aliphatic heterocycles. The van der Waals surface area contributed by atoms with Crippen molar-refractivity contribution < 1.29 is 32.6 Å². The van der Waals surface area contributed by atoms with Crippen LogP contribution in [0.4, 0.5) is 19.4 Å². The van der Waals surface area contributed by atoms with Gasteiger partial charge in [0.15, 0.2) is 11.6 Å². The molecule has 0 aliphatic carbocycles. The van der Waals surface area contributed by atoms with E-state index in [1.54, 1.807) is 31.7 Å². The summed E-state index contributed by atoms with van der Waals surface area (Å²) in [5.74, 6) is -1.45. The number of benzene rings is 1. The number of hydrogen-bond donors (Lipinski definition) is 1. The number of alkyl carbamates (subject to hydrolysis) is 1. The van der Waals surface area contributed by atoms with Crippen LogP contribution >= 0.6 is 0 Å². The van der Waals surface area contributed by atoms with Gasteiger partial charge in [-0.2, -0.15) is 4.98 Å². The maximum Gasteiger partial charge on any atom is 0.408 e. The first-order chi connectivity index (χ1) is 18.9. The second-order valence-electron chi connectivity index (χ2n) is 11.3. The largest absolute Gasteiger partial charge is 0.473 e. The second-order valence-corrected chi connectivity index (χ2v) is 11.3. The van der Waals surface area contributed by atoms with Crippen LogP contribution in [-0.2, 0) is 27.4 Å². The minimum Gasteiger partial charge on any atom is -0.473 e. The number of nitrogens with one attached hydrogen (secondary N) is 1. The molecule has 216 valence electrons. The molecule has 13 heteroatoms. The molecule has 1 aromatic carbocycles. The van der Waals surface area contributed by atoms with Gasteiger partial charge in [-0.15, -0.1) is 0 Å². The zero-order valence-electron chi connectivity index (χ0n) is 22.7. The summed E-state index contributed by atoms with van der Waals surface area (Å²) < 4.78 is 44.8. The Morgan fingerprint density at radius 3 is 2.58 bits per heavy atom. The SMILES string of the molecule is CC(C)(C)OC(=O)NC1(C(=O)N2CCN3c4cc(OCc5ccc(F)c(F)c5)nc(=O)n4CC3C2)CCOCC1. The molecular weight excluding hydrogens is 528 g/mol. The molecule has 4 heterocycles. The smallest absolute Gasteiger partial charge is 0.408 e. The Hall–Kier alpha value is -3.74. The molecule has 1 unspecified atom stereocenters. The number of amides is 2. The van der Waals surface area contributed by atoms with E-state index in [1.165, 1.54) is 10.6 Å². The average Bonchev–Trinajstić information content (AvgIpc) is 3.27. The highest BCUT2D eigenvalue weighted by Crippen LogP contribution is 2.32. The molecule has 2 amide bonds. The molecule has 1 aromatic heterocycles. The lowest BCUT2D eigenvalue weighted by atomic mass is 9.88. The topological polar surface area (TPSA) is 115 Å². The molecule has 1 atom stereocenters. The summed E-state index contributed by atoms with van der Waals surface area (Å²) in [4.78, 5) is 47.1. The first kappa shape index (κ1) is 27.8. The van der Waals surface area contributed by atoms with Gasteiger partial charge >= 0.3 is 11.8 Å². The number of rotatable bonds is 5. The Labute approximate surface area is 230 Å². The summed E-state index contributed by atoms with van der Waals surface area (Å²) in [7, 11) is 0. The van der Waals surface area contributed by atoms with Gasteiger partial charge in [-0.1, -0.05) is 6.07 Å². The Morgan fingerprint density at radius 1 is 1.12 bits per heavy atom. The van der Waals surface area contributed by atoms with Crippen LogP contribution in [0, 0.1) is 11.6 Å². The van der Waals surface area contributed by atoms with Gasteiger partial charge < -0.3 is 29.3 Å². The van der Waals surface area contributed by atoms with Crippen LogP contribution in [0.3, 0.4) is 0 Å². The lowest BCUT2D eigenvalue weighted by Gasteiger charge is -2.44. The van der Waals surface area contributed by atoms with Gasteiger partial charge in [0, 0.05) is 51.8 Å². The standard InChI is InChI=1S/C27H33F2N5O6/c1-26(2,3)40-25(37)31-27(6-10-38-11-7-27)23(35)32-8-9-33-18(14-32)15-34-22(33)13-21(30-24(34)36)39-16-17-4-5-19(28)20(29)12-17/h4-5,12-13,18H,6-11,14-16H2,1-3H3,(H,31,37). The van der Waals surface area contributed by atoms with Crippen LogP contribution in [0.5, 0.6) is 5.88 Å². The van der Waals surface area contributed by atoms with Crippen molar-refractivity contribution in [2.45, 2.75) is 63.9 Å². The minimum atomic E-state index is -1.13. The Morgan fingerprint density at radius 2 is 1.88 bits per heavy atom. The average molecular weight is 562 g/mol. The third kappa shape index (κ3) is 5.74. The van der Waals surface area contributed by atoms with Crippen LogP contribution in [0.2, 0.25) is 0 Å². The molecule has 2 aromatic rings. The van der Waals surface area contributed by atoms with Crippen LogP contribution in [0.1, 0.15) is 39.2 Å². The third-order valence-electron chi connectivity index (χ3n) is 7.29. The molecule has 1 N–H and O–H groups in total. The van der Waals surface area contributed by atoms with Crippen LogP contribution in [0.15, 0.2) is 29.1 Å². The summed E-state index contributed by atoms with van der Waals surface area (Å²) in [5, 5.41) is 2.84. The van der Waals surface area contributed by atoms with Crippen LogP contribution in [-0.4, -0.2) is 76.5 Å². The van der Waals surface area contributed by atoms with Gasteiger partial charge in [-0.05, 0) is 38.5 Å². The van der Waals surface area contributed by atoms with E-state index in [-0.39, 0.29) is 24.4 Å². The predicted molar refractivity (Wildman–Crippen MR) is 139 cm³/mol. The van der Waals surface area contributed by atoms with E-state index in [9.17, 15) is 23.2 Å². The minimum absolute atomic E-state index is 0.0721. The van der Waals surface area contributed by atoms with Gasteiger partial charge in [0.2, 0.25) is 11.8 Å². The summed E-state index contributed by atoms with van der Waals surface area (Å²) >= 11 is 0. The Bertz CT molecular complexity index is 1350. The molecule has 11 nitrogen and oxygen atoms in total. The van der Waals surface area contributed by atoms with E-state index >= 15 is 0 Å². The van der Waals surface area contributed by atoms with Crippen molar-refractivity contribution in [2.24, 2.45) is 0 Å². The van der Waals surface area contributed by atoms with E-state index in [1.807, 2.05) is 4.90 Å². The summed E-state index contributed by atoms with van der Waals surface area (Å²) in [5.41, 5.74) is -1.95. The molecular formula is C27H33F2N5O6. The summed E-state index contributed by atoms with van der Waals surface area (Å²) in [6.07, 6.45) is 0.0133. The van der Waals surface area contributed by atoms with Gasteiger partial charge in [-0.3, -0.25) is 9.36 Å². The van der Waals surface area contributed by atoms with Crippen molar-refractivity contribution in [2.75, 3.05) is 37.7 Å². The third-order valence-corrected chi connectivity index (χ3v) is 7.29. The van der Waals surface area contributed by atoms with E-state index in [0.717, 1.165) is 12.1 Å². The molecule has 2 fully saturated rings. The van der Waals surface area contributed by atoms with E-state index in [0.29, 0.717) is 63.6 Å². The number of carbonyl (C=O) groups excluding carboxylic acids is 2. The van der Waals surface area contributed by atoms with Crippen molar-refractivity contribution in [1.82, 2.24) is 19.8 Å². The van der Waals surface area contributed by atoms with Crippen molar-refractivity contribution in [3.05, 3.63) is 51.9 Å². The fourth-order valence-electron chi connectivity index (χ4n) is 5.37. The maximum absolute atomic E-state index is 13.9. The molecule has 5 rings (SSSR count). The van der Waals surface area contributed by atoms with Crippen molar-refractivity contribution in [3.8, 4) is 5.88 Å². The number of carbonyl (C=O) groups is 2. The number of fused-ring (bicyclic) bond motifs is 3. The molecule has 0 bridgehead atoms. The normalized spacial score (nSPS) is 20.0. The lowest BCUT2D eigenvalue weighted by molar-refractivity contribution is -0.143. The lowest BCUT2D eigenvalue weighted by Crippen LogP contribution is -2.65. The number of aromatic nitrogens is 2. The summed E-state index contributed by atoms with van der Waals surface area (Å²) in [6, 6.07) is 4.91. The van der Waals surface area contributed by atoms with Gasteiger partial charge in [0.25, 0.3) is 0 Å². The first-order valence-corrected chi connectivity index (χ1v) is 13.3. The fraction of sp³-hybridized carbons (Fsp3) is 0.556. The zero-order chi connectivity index (χ0) is 28.7. The Balaban J connectivity index is 1.28. The molecule has 0 radical (unpaired) electrons. The number of anilines is 1. The number of nitrogens with zero attached hydrogens (tertiary/aromatic N) is 4. The van der Waals surface area contributed by atoms with Gasteiger partial charge in [0.1, 0.15) is 23.6 Å². The highest BCUT2D eigenvalue weighted by molar-refractivity contribution is 5.90. The number of ether oxygens (including phenoxy) is 3. The summed E-state index contributed by atoms with van der Waals surface area (Å²) in [6.45, 7) is 7.41. The van der Waals surface area contributed by atoms with Crippen LogP contribution < -0.4 is 20.6 Å². The van der Waals surface area contributed by atoms with Crippen LogP contribution in [0.25, 0.3) is 0 Å². The first-order valence-electron chi connectivity index (χ1n) is 13.3. The van der Waals surface area contributed by atoms with Crippen molar-refractivity contribution in [1.29, 1.82) is 0 Å². The van der Waals surface area contributed by atoms with Gasteiger partial charge in [-0.25, -0.2) is 18.4 Å². The molecule has 3 aliphatic rings. The quantitative estimate of drug-likeness (QED) is 0.591. The highest BCUT2D eigenvalue weighted by Gasteiger charge is 2.47. The molecule has 40 heavy (non-hydrogen) atoms. The maximum atomic E-state index is 13.9. The zero-order valence-corrected chi connectivity index (χ0v) is 22.7. The van der Waals surface area contributed by atoms with Crippen molar-refractivity contribution in [3.63, 3.8) is 0 Å². The Kier molecular flexibility index (Phi) is 7.42. The molecule has 0 saturated carbocycles. The van der Waals surface area contributed by atoms with E-state index in [4.69, 9.17) is 14.2 Å². The molecule has 2 saturated heterocycles. The van der Waals surface area contributed by atoms with E-state index < -0.39 is 34.6 Å². The highest BCUT2D eigenvalue weighted by atomic mass is 19.2. The monoisotopic (exact) mass is 561 g/mol. The van der Waals surface area contributed by atoms with Gasteiger partial charge in [0.05, 0.1) is 12.6 Å². The molecule has 0 spiro atoms. The number of halogens is 2. The van der Waals surface area contributed by atoms with E-state index in [2.05, 4.69) is 10.3 Å². The second kappa shape index (κ2) is 10.7. The fourth-order valence-corrected chi connectivity index (χ4v) is 5.37. The number of hydrogen-bond acceptors (Lipinski definition) is 8. The number of piperazine rings is 1. The van der Waals surface area contributed by atoms with Crippen molar-refractivity contribution >= 4 is 17.8 Å².